The second kappa shape index (κ2) is 4.59. The first-order valence-electron chi connectivity index (χ1n) is 6.86. The van der Waals surface area contributed by atoms with Crippen LogP contribution in [0.1, 0.15) is 17.8 Å². The molecule has 3 heterocycles. The van der Waals surface area contributed by atoms with E-state index in [9.17, 15) is 0 Å². The maximum atomic E-state index is 4.79. The van der Waals surface area contributed by atoms with Crippen molar-refractivity contribution in [3.8, 4) is 5.69 Å². The van der Waals surface area contributed by atoms with Crippen LogP contribution in [0.4, 0.5) is 0 Å². The Labute approximate surface area is 117 Å². The van der Waals surface area contributed by atoms with Crippen molar-refractivity contribution in [2.75, 3.05) is 13.1 Å². The summed E-state index contributed by atoms with van der Waals surface area (Å²) in [6, 6.07) is 8.33. The number of nitrogens with zero attached hydrogens (tertiary/aromatic N) is 5. The number of fused-ring (bicyclic) bond motifs is 3. The van der Waals surface area contributed by atoms with Crippen LogP contribution in [0.3, 0.4) is 0 Å². The fourth-order valence-electron chi connectivity index (χ4n) is 2.78. The number of aliphatic imine (C=N–C) groups is 1. The van der Waals surface area contributed by atoms with E-state index >= 15 is 0 Å². The topological polar surface area (TPSA) is 46.3 Å². The molecule has 20 heavy (non-hydrogen) atoms. The number of rotatable bonds is 0. The van der Waals surface area contributed by atoms with Crippen molar-refractivity contribution in [3.05, 3.63) is 54.1 Å². The first kappa shape index (κ1) is 11.4. The number of para-hydroxylation sites is 1. The number of hydrogen-bond acceptors (Lipinski definition) is 4. The number of amidine groups is 1. The van der Waals surface area contributed by atoms with Gasteiger partial charge in [0.05, 0.1) is 5.69 Å². The molecule has 5 heteroatoms. The van der Waals surface area contributed by atoms with Crippen LogP contribution in [-0.4, -0.2) is 38.6 Å². The standard InChI is InChI=1S/C15H15N5/c1-4-8-19(9-5-1)15-12-6-2-3-7-13(12)20-11-17-18-14(20)10-16-15/h1-4,6-7,11H,5,8-10H2. The van der Waals surface area contributed by atoms with Gasteiger partial charge < -0.3 is 4.90 Å². The Morgan fingerprint density at radius 3 is 2.95 bits per heavy atom. The lowest BCUT2D eigenvalue weighted by Crippen LogP contribution is -2.34. The van der Waals surface area contributed by atoms with Crippen molar-refractivity contribution >= 4 is 5.84 Å². The third-order valence-electron chi connectivity index (χ3n) is 3.75. The fraction of sp³-hybridized carbons (Fsp3) is 0.267. The molecule has 2 aliphatic heterocycles. The molecule has 1 aromatic heterocycles. The van der Waals surface area contributed by atoms with Crippen molar-refractivity contribution in [3.63, 3.8) is 0 Å². The van der Waals surface area contributed by atoms with Crippen molar-refractivity contribution in [2.24, 2.45) is 4.99 Å². The molecule has 0 bridgehead atoms. The van der Waals surface area contributed by atoms with Gasteiger partial charge in [0.1, 0.15) is 18.7 Å². The van der Waals surface area contributed by atoms with Crippen molar-refractivity contribution in [1.82, 2.24) is 19.7 Å². The average Bonchev–Trinajstić information content (AvgIpc) is 2.92. The van der Waals surface area contributed by atoms with Crippen LogP contribution in [0.2, 0.25) is 0 Å². The van der Waals surface area contributed by atoms with Crippen LogP contribution >= 0.6 is 0 Å². The summed E-state index contributed by atoms with van der Waals surface area (Å²) in [5, 5.41) is 8.17. The van der Waals surface area contributed by atoms with Gasteiger partial charge in [-0.1, -0.05) is 24.3 Å². The second-order valence-corrected chi connectivity index (χ2v) is 4.98. The Balaban J connectivity index is 1.86. The van der Waals surface area contributed by atoms with E-state index in [1.807, 2.05) is 10.6 Å². The predicted molar refractivity (Wildman–Crippen MR) is 76.9 cm³/mol. The summed E-state index contributed by atoms with van der Waals surface area (Å²) in [5.41, 5.74) is 2.26. The Kier molecular flexibility index (Phi) is 2.62. The highest BCUT2D eigenvalue weighted by Gasteiger charge is 2.22. The maximum Gasteiger partial charge on any atom is 0.159 e. The van der Waals surface area contributed by atoms with Gasteiger partial charge in [-0.15, -0.1) is 10.2 Å². The van der Waals surface area contributed by atoms with Crippen molar-refractivity contribution < 1.29 is 0 Å². The van der Waals surface area contributed by atoms with Crippen LogP contribution in [0.5, 0.6) is 0 Å². The lowest BCUT2D eigenvalue weighted by molar-refractivity contribution is 0.453. The van der Waals surface area contributed by atoms with Crippen molar-refractivity contribution in [1.29, 1.82) is 0 Å². The molecular weight excluding hydrogens is 250 g/mol. The molecule has 0 atom stereocenters. The fourth-order valence-corrected chi connectivity index (χ4v) is 2.78. The quantitative estimate of drug-likeness (QED) is 0.682. The van der Waals surface area contributed by atoms with E-state index in [0.717, 1.165) is 42.4 Å². The predicted octanol–water partition coefficient (Wildman–Crippen LogP) is 1.79. The molecule has 0 fully saturated rings. The van der Waals surface area contributed by atoms with Gasteiger partial charge in [0.2, 0.25) is 0 Å². The Morgan fingerprint density at radius 1 is 1.10 bits per heavy atom. The lowest BCUT2D eigenvalue weighted by Gasteiger charge is -2.27. The first-order chi connectivity index (χ1) is 9.93. The highest BCUT2D eigenvalue weighted by Crippen LogP contribution is 2.23. The molecule has 0 saturated heterocycles. The summed E-state index contributed by atoms with van der Waals surface area (Å²) in [6.07, 6.45) is 7.28. The number of benzene rings is 1. The summed E-state index contributed by atoms with van der Waals surface area (Å²) in [7, 11) is 0. The van der Waals surface area contributed by atoms with E-state index in [0.29, 0.717) is 6.54 Å². The molecule has 0 N–H and O–H groups in total. The smallest absolute Gasteiger partial charge is 0.159 e. The molecule has 2 aromatic rings. The normalized spacial score (nSPS) is 17.2. The van der Waals surface area contributed by atoms with Gasteiger partial charge in [-0.05, 0) is 18.6 Å². The summed E-state index contributed by atoms with van der Waals surface area (Å²) in [6.45, 7) is 2.52. The van der Waals surface area contributed by atoms with Crippen LogP contribution in [0, 0.1) is 0 Å². The summed E-state index contributed by atoms with van der Waals surface area (Å²) in [5.74, 6) is 1.95. The number of aromatic nitrogens is 3. The molecule has 2 aliphatic rings. The lowest BCUT2D eigenvalue weighted by atomic mass is 10.1. The zero-order valence-electron chi connectivity index (χ0n) is 11.1. The van der Waals surface area contributed by atoms with Crippen LogP contribution in [0.15, 0.2) is 47.7 Å². The molecular formula is C15H15N5. The van der Waals surface area contributed by atoms with E-state index in [-0.39, 0.29) is 0 Å². The average molecular weight is 265 g/mol. The monoisotopic (exact) mass is 265 g/mol. The molecule has 0 aliphatic carbocycles. The molecule has 0 spiro atoms. The van der Waals surface area contributed by atoms with Gasteiger partial charge in [0.25, 0.3) is 0 Å². The Hall–Kier alpha value is -2.43. The first-order valence-corrected chi connectivity index (χ1v) is 6.86. The summed E-state index contributed by atoms with van der Waals surface area (Å²) in [4.78, 5) is 7.12. The molecule has 0 radical (unpaired) electrons. The van der Waals surface area contributed by atoms with E-state index < -0.39 is 0 Å². The SMILES string of the molecule is C1=CCN(C2=NCc3nncn3-c3ccccc32)CC1. The van der Waals surface area contributed by atoms with Gasteiger partial charge >= 0.3 is 0 Å². The van der Waals surface area contributed by atoms with E-state index in [1.54, 1.807) is 6.33 Å². The van der Waals surface area contributed by atoms with E-state index in [4.69, 9.17) is 4.99 Å². The number of hydrogen-bond donors (Lipinski definition) is 0. The Morgan fingerprint density at radius 2 is 2.05 bits per heavy atom. The Bertz CT molecular complexity index is 698. The van der Waals surface area contributed by atoms with Gasteiger partial charge in [-0.2, -0.15) is 0 Å². The van der Waals surface area contributed by atoms with Crippen LogP contribution < -0.4 is 0 Å². The van der Waals surface area contributed by atoms with E-state index in [2.05, 4.69) is 45.4 Å². The highest BCUT2D eigenvalue weighted by atomic mass is 15.3. The van der Waals surface area contributed by atoms with Gasteiger partial charge in [-0.25, -0.2) is 0 Å². The third kappa shape index (κ3) is 1.74. The minimum absolute atomic E-state index is 0.574. The molecule has 0 amide bonds. The molecule has 1 aromatic carbocycles. The second-order valence-electron chi connectivity index (χ2n) is 4.98. The highest BCUT2D eigenvalue weighted by molar-refractivity contribution is 6.02. The molecule has 100 valence electrons. The largest absolute Gasteiger partial charge is 0.352 e. The van der Waals surface area contributed by atoms with Crippen LogP contribution in [0.25, 0.3) is 5.69 Å². The molecule has 5 nitrogen and oxygen atoms in total. The summed E-state index contributed by atoms with van der Waals surface area (Å²) < 4.78 is 2.03. The van der Waals surface area contributed by atoms with E-state index in [1.165, 1.54) is 0 Å². The van der Waals surface area contributed by atoms with Crippen LogP contribution in [-0.2, 0) is 6.54 Å². The zero-order valence-corrected chi connectivity index (χ0v) is 11.1. The zero-order chi connectivity index (χ0) is 13.4. The molecule has 0 saturated carbocycles. The third-order valence-corrected chi connectivity index (χ3v) is 3.75. The maximum absolute atomic E-state index is 4.79. The summed E-state index contributed by atoms with van der Waals surface area (Å²) >= 11 is 0. The minimum Gasteiger partial charge on any atom is -0.352 e. The van der Waals surface area contributed by atoms with Gasteiger partial charge in [0, 0.05) is 18.7 Å². The van der Waals surface area contributed by atoms with Crippen molar-refractivity contribution in [2.45, 2.75) is 13.0 Å². The molecule has 0 unspecified atom stereocenters. The van der Waals surface area contributed by atoms with Gasteiger partial charge in [0.15, 0.2) is 5.82 Å². The molecule has 4 rings (SSSR count). The minimum atomic E-state index is 0.574. The van der Waals surface area contributed by atoms with Gasteiger partial charge in [-0.3, -0.25) is 9.56 Å².